The average Bonchev–Trinajstić information content (AvgIpc) is 3.73. The maximum Gasteiger partial charge on any atom is 0.413 e. The van der Waals surface area contributed by atoms with E-state index in [2.05, 4.69) is 15.6 Å². The number of rotatable bonds is 5. The van der Waals surface area contributed by atoms with E-state index in [1.54, 1.807) is 43.9 Å². The Hall–Kier alpha value is -4.02. The van der Waals surface area contributed by atoms with E-state index in [-0.39, 0.29) is 36.9 Å². The van der Waals surface area contributed by atoms with Gasteiger partial charge >= 0.3 is 17.9 Å². The van der Waals surface area contributed by atoms with Crippen LogP contribution in [0.1, 0.15) is 77.5 Å². The lowest BCUT2D eigenvalue weighted by Crippen LogP contribution is -2.59. The monoisotopic (exact) mass is 567 g/mol. The molecule has 2 heterocycles. The molecule has 4 rings (SSSR count). The molecule has 2 aromatic rings. The number of ether oxygens (including phenoxy) is 1. The van der Waals surface area contributed by atoms with Crippen LogP contribution in [0.4, 0.5) is 20.7 Å². The van der Waals surface area contributed by atoms with Gasteiger partial charge in [0.1, 0.15) is 17.2 Å². The van der Waals surface area contributed by atoms with Gasteiger partial charge in [0.2, 0.25) is 5.91 Å². The van der Waals surface area contributed by atoms with Crippen LogP contribution in [0.3, 0.4) is 0 Å². The van der Waals surface area contributed by atoms with Crippen molar-refractivity contribution in [3.8, 4) is 0 Å². The predicted molar refractivity (Wildman–Crippen MR) is 152 cm³/mol. The van der Waals surface area contributed by atoms with Crippen molar-refractivity contribution < 1.29 is 28.3 Å². The van der Waals surface area contributed by atoms with Gasteiger partial charge in [-0.1, -0.05) is 26.0 Å². The number of aromatic nitrogens is 1. The molecule has 4 amide bonds. The average molecular weight is 568 g/mol. The van der Waals surface area contributed by atoms with Crippen LogP contribution in [0, 0.1) is 11.7 Å². The lowest BCUT2D eigenvalue weighted by atomic mass is 9.98. The molecule has 1 aromatic heterocycles. The molecular weight excluding hydrogens is 529 g/mol. The first-order chi connectivity index (χ1) is 19.2. The standard InChI is InChI=1S/C30H38FN5O5/c1-17(2)27(38)35-16-24(20-9-11-21(31)12-10-20)36(15-18(35)3)28(39)26(37)33-22-13-23(19-7-8-19)25(32-14-22)34-29(40)41-30(4,5)6/h9-14,17-19,24H,7-8,15-16H2,1-6H3,(H,33,37)(H,32,34,40)/t18-,24-/m1/s1. The van der Waals surface area contributed by atoms with Gasteiger partial charge in [0, 0.05) is 30.6 Å². The zero-order chi connectivity index (χ0) is 30.1. The number of nitrogens with zero attached hydrogens (tertiary/aromatic N) is 3. The summed E-state index contributed by atoms with van der Waals surface area (Å²) in [4.78, 5) is 59.4. The summed E-state index contributed by atoms with van der Waals surface area (Å²) in [5.41, 5.74) is 1.02. The van der Waals surface area contributed by atoms with Crippen molar-refractivity contribution in [3.05, 3.63) is 53.5 Å². The zero-order valence-corrected chi connectivity index (χ0v) is 24.4. The van der Waals surface area contributed by atoms with Crippen molar-refractivity contribution in [2.45, 2.75) is 78.0 Å². The summed E-state index contributed by atoms with van der Waals surface area (Å²) < 4.78 is 19.0. The van der Waals surface area contributed by atoms with Crippen LogP contribution in [0.15, 0.2) is 36.5 Å². The van der Waals surface area contributed by atoms with E-state index in [9.17, 15) is 23.6 Å². The number of carbonyl (C=O) groups excluding carboxylic acids is 4. The fraction of sp³-hybridized carbons (Fsp3) is 0.500. The number of anilines is 2. The first-order valence-electron chi connectivity index (χ1n) is 13.9. The number of benzene rings is 1. The highest BCUT2D eigenvalue weighted by Crippen LogP contribution is 2.43. The third-order valence-corrected chi connectivity index (χ3v) is 7.04. The smallest absolute Gasteiger partial charge is 0.413 e. The van der Waals surface area contributed by atoms with Crippen LogP contribution < -0.4 is 10.6 Å². The second-order valence-electron chi connectivity index (χ2n) is 12.0. The van der Waals surface area contributed by atoms with Crippen molar-refractivity contribution in [3.63, 3.8) is 0 Å². The number of amides is 4. The molecule has 10 nitrogen and oxygen atoms in total. The van der Waals surface area contributed by atoms with Crippen LogP contribution in [0.25, 0.3) is 0 Å². The van der Waals surface area contributed by atoms with E-state index in [1.807, 2.05) is 20.8 Å². The quantitative estimate of drug-likeness (QED) is 0.499. The summed E-state index contributed by atoms with van der Waals surface area (Å²) in [5.74, 6) is -1.82. The van der Waals surface area contributed by atoms with Gasteiger partial charge in [0.05, 0.1) is 17.9 Å². The molecule has 1 saturated carbocycles. The third-order valence-electron chi connectivity index (χ3n) is 7.04. The van der Waals surface area contributed by atoms with Crippen molar-refractivity contribution in [2.24, 2.45) is 5.92 Å². The van der Waals surface area contributed by atoms with Crippen molar-refractivity contribution in [1.82, 2.24) is 14.8 Å². The fourth-order valence-electron chi connectivity index (χ4n) is 4.88. The van der Waals surface area contributed by atoms with E-state index in [1.165, 1.54) is 23.2 Å². The van der Waals surface area contributed by atoms with Crippen molar-refractivity contribution >= 4 is 35.3 Å². The highest BCUT2D eigenvalue weighted by Gasteiger charge is 2.40. The molecule has 0 spiro atoms. The van der Waals surface area contributed by atoms with Crippen LogP contribution in [0.2, 0.25) is 0 Å². The first-order valence-corrected chi connectivity index (χ1v) is 13.9. The lowest BCUT2D eigenvalue weighted by molar-refractivity contribution is -0.152. The number of hydrogen-bond acceptors (Lipinski definition) is 6. The van der Waals surface area contributed by atoms with Gasteiger partial charge in [-0.2, -0.15) is 0 Å². The number of piperazine rings is 1. The SMILES string of the molecule is CC(C)C(=O)N1C[C@H](c2ccc(F)cc2)N(C(=O)C(=O)Nc2cnc(NC(=O)OC(C)(C)C)c(C3CC3)c2)C[C@H]1C. The Balaban J connectivity index is 1.53. The van der Waals surface area contributed by atoms with E-state index in [4.69, 9.17) is 4.74 Å². The minimum absolute atomic E-state index is 0.0556. The molecule has 220 valence electrons. The second-order valence-corrected chi connectivity index (χ2v) is 12.0. The summed E-state index contributed by atoms with van der Waals surface area (Å²) >= 11 is 0. The molecule has 2 fully saturated rings. The molecule has 2 N–H and O–H groups in total. The Morgan fingerprint density at radius 2 is 1.68 bits per heavy atom. The van der Waals surface area contributed by atoms with Crippen LogP contribution in [-0.2, 0) is 19.1 Å². The summed E-state index contributed by atoms with van der Waals surface area (Å²) in [7, 11) is 0. The number of halogens is 1. The van der Waals surface area contributed by atoms with E-state index in [0.717, 1.165) is 18.4 Å². The molecule has 1 aliphatic carbocycles. The summed E-state index contributed by atoms with van der Waals surface area (Å²) in [5, 5.41) is 5.33. The molecule has 1 aliphatic heterocycles. The Kier molecular flexibility index (Phi) is 8.65. The van der Waals surface area contributed by atoms with Gasteiger partial charge in [0.15, 0.2) is 0 Å². The van der Waals surface area contributed by atoms with Crippen molar-refractivity contribution in [2.75, 3.05) is 23.7 Å². The Morgan fingerprint density at radius 1 is 1.02 bits per heavy atom. The highest BCUT2D eigenvalue weighted by molar-refractivity contribution is 6.39. The van der Waals surface area contributed by atoms with Gasteiger partial charge in [-0.05, 0) is 70.2 Å². The first kappa shape index (κ1) is 30.0. The van der Waals surface area contributed by atoms with Gasteiger partial charge in [0.25, 0.3) is 0 Å². The largest absolute Gasteiger partial charge is 0.444 e. The summed E-state index contributed by atoms with van der Waals surface area (Å²) in [6.45, 7) is 11.1. The van der Waals surface area contributed by atoms with Gasteiger partial charge in [-0.15, -0.1) is 0 Å². The topological polar surface area (TPSA) is 121 Å². The van der Waals surface area contributed by atoms with Crippen LogP contribution >= 0.6 is 0 Å². The minimum Gasteiger partial charge on any atom is -0.444 e. The lowest BCUT2D eigenvalue weighted by Gasteiger charge is -2.45. The molecule has 2 aliphatic rings. The Bertz CT molecular complexity index is 1320. The van der Waals surface area contributed by atoms with E-state index >= 15 is 0 Å². The Morgan fingerprint density at radius 3 is 2.27 bits per heavy atom. The number of hydrogen-bond donors (Lipinski definition) is 2. The van der Waals surface area contributed by atoms with E-state index in [0.29, 0.717) is 17.1 Å². The summed E-state index contributed by atoms with van der Waals surface area (Å²) in [6.07, 6.45) is 2.58. The maximum absolute atomic E-state index is 13.7. The molecule has 1 aromatic carbocycles. The molecule has 2 atom stereocenters. The maximum atomic E-state index is 13.7. The van der Waals surface area contributed by atoms with Crippen LogP contribution in [0.5, 0.6) is 0 Å². The zero-order valence-electron chi connectivity index (χ0n) is 24.4. The Labute approximate surface area is 239 Å². The fourth-order valence-corrected chi connectivity index (χ4v) is 4.88. The van der Waals surface area contributed by atoms with Crippen molar-refractivity contribution in [1.29, 1.82) is 0 Å². The molecule has 11 heteroatoms. The minimum atomic E-state index is -0.857. The number of nitrogens with one attached hydrogen (secondary N) is 2. The normalized spacial score (nSPS) is 19.1. The number of pyridine rings is 1. The second kappa shape index (κ2) is 11.8. The predicted octanol–water partition coefficient (Wildman–Crippen LogP) is 4.84. The van der Waals surface area contributed by atoms with Gasteiger partial charge in [-0.25, -0.2) is 14.2 Å². The van der Waals surface area contributed by atoms with Crippen LogP contribution in [-0.4, -0.2) is 63.3 Å². The summed E-state index contributed by atoms with van der Waals surface area (Å²) in [6, 6.07) is 6.48. The highest BCUT2D eigenvalue weighted by atomic mass is 19.1. The molecule has 1 saturated heterocycles. The molecule has 41 heavy (non-hydrogen) atoms. The van der Waals surface area contributed by atoms with Gasteiger partial charge < -0.3 is 19.9 Å². The number of carbonyl (C=O) groups is 4. The molecule has 0 bridgehead atoms. The van der Waals surface area contributed by atoms with Gasteiger partial charge in [-0.3, -0.25) is 19.7 Å². The molecule has 0 radical (unpaired) electrons. The molecule has 0 unspecified atom stereocenters. The molecular formula is C30H38FN5O5. The van der Waals surface area contributed by atoms with E-state index < -0.39 is 35.4 Å². The third kappa shape index (κ3) is 7.39.